The maximum Gasteiger partial charge on any atom is 0.243 e. The van der Waals surface area contributed by atoms with Crippen molar-refractivity contribution in [3.63, 3.8) is 0 Å². The molecular weight excluding hydrogens is 324 g/mol. The number of anilines is 1. The van der Waals surface area contributed by atoms with E-state index in [0.717, 1.165) is 25.9 Å². The molecule has 1 atom stereocenters. The van der Waals surface area contributed by atoms with Gasteiger partial charge in [0.1, 0.15) is 5.51 Å². The number of ether oxygens (including phenoxy) is 1. The molecule has 1 aromatic carbocycles. The average molecular weight is 346 g/mol. The Morgan fingerprint density at radius 3 is 2.79 bits per heavy atom. The smallest absolute Gasteiger partial charge is 0.243 e. The molecular formula is C17H22N4O2S. The van der Waals surface area contributed by atoms with Crippen LogP contribution < -0.4 is 5.32 Å². The van der Waals surface area contributed by atoms with Gasteiger partial charge in [-0.1, -0.05) is 41.7 Å². The van der Waals surface area contributed by atoms with Crippen molar-refractivity contribution < 1.29 is 9.53 Å². The molecule has 0 bridgehead atoms. The van der Waals surface area contributed by atoms with Gasteiger partial charge in [-0.15, -0.1) is 10.2 Å². The Morgan fingerprint density at radius 1 is 1.38 bits per heavy atom. The van der Waals surface area contributed by atoms with Crippen LogP contribution in [-0.4, -0.2) is 46.2 Å². The number of carbonyl (C=O) groups is 1. The van der Waals surface area contributed by atoms with E-state index in [1.165, 1.54) is 16.9 Å². The van der Waals surface area contributed by atoms with Crippen LogP contribution in [0.4, 0.5) is 5.13 Å². The normalized spacial score (nSPS) is 17.5. The van der Waals surface area contributed by atoms with Gasteiger partial charge in [0.2, 0.25) is 11.0 Å². The third-order valence-electron chi connectivity index (χ3n) is 4.32. The summed E-state index contributed by atoms with van der Waals surface area (Å²) < 4.78 is 6.00. The first-order chi connectivity index (χ1) is 11.7. The standard InChI is InChI=1S/C17H22N4O2S/c1-13(16(22)19-17-20-18-12-24-17)21-9-7-15(8-10-21)23-11-14-5-3-2-4-6-14/h2-6,12-13,15H,7-11H2,1H3,(H,19,20,22). The van der Waals surface area contributed by atoms with Gasteiger partial charge in [0, 0.05) is 13.1 Å². The fourth-order valence-electron chi connectivity index (χ4n) is 2.82. The van der Waals surface area contributed by atoms with Crippen LogP contribution in [0, 0.1) is 0 Å². The highest BCUT2D eigenvalue weighted by Gasteiger charge is 2.27. The van der Waals surface area contributed by atoms with Crippen molar-refractivity contribution in [2.75, 3.05) is 18.4 Å². The lowest BCUT2D eigenvalue weighted by atomic mass is 10.1. The minimum absolute atomic E-state index is 0.0320. The summed E-state index contributed by atoms with van der Waals surface area (Å²) in [5.74, 6) is -0.0320. The molecule has 2 aromatic rings. The number of hydrogen-bond acceptors (Lipinski definition) is 6. The summed E-state index contributed by atoms with van der Waals surface area (Å²) in [7, 11) is 0. The van der Waals surface area contributed by atoms with Crippen molar-refractivity contribution in [1.29, 1.82) is 0 Å². The summed E-state index contributed by atoms with van der Waals surface area (Å²) in [6.45, 7) is 4.31. The number of nitrogens with one attached hydrogen (secondary N) is 1. The van der Waals surface area contributed by atoms with Crippen LogP contribution in [0.5, 0.6) is 0 Å². The van der Waals surface area contributed by atoms with Gasteiger partial charge in [0.25, 0.3) is 0 Å². The molecule has 24 heavy (non-hydrogen) atoms. The number of carbonyl (C=O) groups excluding carboxylic acids is 1. The third kappa shape index (κ3) is 4.59. The maximum atomic E-state index is 12.3. The molecule has 1 aliphatic rings. The Labute approximate surface area is 145 Å². The number of likely N-dealkylation sites (tertiary alicyclic amines) is 1. The molecule has 0 radical (unpaired) electrons. The summed E-state index contributed by atoms with van der Waals surface area (Å²) >= 11 is 1.33. The van der Waals surface area contributed by atoms with Crippen molar-refractivity contribution in [2.24, 2.45) is 0 Å². The first-order valence-electron chi connectivity index (χ1n) is 8.19. The Kier molecular flexibility index (Phi) is 5.90. The lowest BCUT2D eigenvalue weighted by Crippen LogP contribution is -2.47. The van der Waals surface area contributed by atoms with Crippen LogP contribution in [0.3, 0.4) is 0 Å². The topological polar surface area (TPSA) is 67.4 Å². The Hall–Kier alpha value is -1.83. The minimum atomic E-state index is -0.177. The zero-order chi connectivity index (χ0) is 16.8. The number of benzene rings is 1. The molecule has 6 nitrogen and oxygen atoms in total. The largest absolute Gasteiger partial charge is 0.373 e. The summed E-state index contributed by atoms with van der Waals surface area (Å²) in [4.78, 5) is 14.4. The number of piperidine rings is 1. The van der Waals surface area contributed by atoms with Crippen molar-refractivity contribution in [3.05, 3.63) is 41.4 Å². The predicted molar refractivity (Wildman–Crippen MR) is 93.8 cm³/mol. The average Bonchev–Trinajstić information content (AvgIpc) is 3.13. The molecule has 1 aromatic heterocycles. The number of aromatic nitrogens is 2. The molecule has 0 spiro atoms. The van der Waals surface area contributed by atoms with Crippen molar-refractivity contribution >= 4 is 22.4 Å². The summed E-state index contributed by atoms with van der Waals surface area (Å²) in [6.07, 6.45) is 2.16. The molecule has 3 rings (SSSR count). The summed E-state index contributed by atoms with van der Waals surface area (Å²) in [5.41, 5.74) is 2.81. The van der Waals surface area contributed by atoms with Crippen LogP contribution in [0.25, 0.3) is 0 Å². The lowest BCUT2D eigenvalue weighted by Gasteiger charge is -2.35. The summed E-state index contributed by atoms with van der Waals surface area (Å²) in [6, 6.07) is 10.0. The SMILES string of the molecule is CC(C(=O)Nc1nncs1)N1CCC(OCc2ccccc2)CC1. The molecule has 1 amide bonds. The molecule has 1 N–H and O–H groups in total. The third-order valence-corrected chi connectivity index (χ3v) is 4.93. The number of amides is 1. The van der Waals surface area contributed by atoms with Crippen LogP contribution in [0.1, 0.15) is 25.3 Å². The second kappa shape index (κ2) is 8.32. The fraction of sp³-hybridized carbons (Fsp3) is 0.471. The first-order valence-corrected chi connectivity index (χ1v) is 9.07. The molecule has 2 heterocycles. The second-order valence-electron chi connectivity index (χ2n) is 5.94. The monoisotopic (exact) mass is 346 g/mol. The minimum Gasteiger partial charge on any atom is -0.373 e. The van der Waals surface area contributed by atoms with E-state index in [1.54, 1.807) is 5.51 Å². The van der Waals surface area contributed by atoms with Crippen LogP contribution in [0.2, 0.25) is 0 Å². The van der Waals surface area contributed by atoms with Crippen LogP contribution >= 0.6 is 11.3 Å². The van der Waals surface area contributed by atoms with Gasteiger partial charge < -0.3 is 4.74 Å². The summed E-state index contributed by atoms with van der Waals surface area (Å²) in [5, 5.41) is 10.9. The van der Waals surface area contributed by atoms with E-state index in [1.807, 2.05) is 25.1 Å². The van der Waals surface area contributed by atoms with Crippen molar-refractivity contribution in [2.45, 2.75) is 38.5 Å². The van der Waals surface area contributed by atoms with E-state index in [0.29, 0.717) is 11.7 Å². The van der Waals surface area contributed by atoms with Crippen molar-refractivity contribution in [1.82, 2.24) is 15.1 Å². The fourth-order valence-corrected chi connectivity index (χ4v) is 3.27. The number of nitrogens with zero attached hydrogens (tertiary/aromatic N) is 3. The molecule has 1 aliphatic heterocycles. The Balaban J connectivity index is 1.42. The second-order valence-corrected chi connectivity index (χ2v) is 6.77. The molecule has 1 unspecified atom stereocenters. The Morgan fingerprint density at radius 2 is 2.12 bits per heavy atom. The Bertz CT molecular complexity index is 627. The van der Waals surface area contributed by atoms with Gasteiger partial charge in [0.05, 0.1) is 18.8 Å². The van der Waals surface area contributed by atoms with E-state index < -0.39 is 0 Å². The highest BCUT2D eigenvalue weighted by Crippen LogP contribution is 2.18. The maximum absolute atomic E-state index is 12.3. The first kappa shape index (κ1) is 17.0. The zero-order valence-electron chi connectivity index (χ0n) is 13.7. The van der Waals surface area contributed by atoms with Crippen molar-refractivity contribution in [3.8, 4) is 0 Å². The van der Waals surface area contributed by atoms with E-state index >= 15 is 0 Å². The molecule has 7 heteroatoms. The van der Waals surface area contributed by atoms with Gasteiger partial charge >= 0.3 is 0 Å². The molecule has 0 saturated carbocycles. The number of rotatable bonds is 6. The number of hydrogen-bond donors (Lipinski definition) is 1. The van der Waals surface area contributed by atoms with Crippen LogP contribution in [0.15, 0.2) is 35.8 Å². The highest BCUT2D eigenvalue weighted by atomic mass is 32.1. The quantitative estimate of drug-likeness (QED) is 0.871. The van der Waals surface area contributed by atoms with Gasteiger partial charge in [0.15, 0.2) is 0 Å². The molecule has 0 aliphatic carbocycles. The van der Waals surface area contributed by atoms with E-state index in [4.69, 9.17) is 4.74 Å². The molecule has 128 valence electrons. The predicted octanol–water partition coefficient (Wildman–Crippen LogP) is 2.55. The molecule has 1 fully saturated rings. The lowest BCUT2D eigenvalue weighted by molar-refractivity contribution is -0.122. The van der Waals surface area contributed by atoms with Gasteiger partial charge in [-0.2, -0.15) is 0 Å². The van der Waals surface area contributed by atoms with E-state index in [-0.39, 0.29) is 18.1 Å². The van der Waals surface area contributed by atoms with Gasteiger partial charge in [-0.05, 0) is 25.3 Å². The van der Waals surface area contributed by atoms with E-state index in [9.17, 15) is 4.79 Å². The zero-order valence-corrected chi connectivity index (χ0v) is 14.5. The van der Waals surface area contributed by atoms with Crippen LogP contribution in [-0.2, 0) is 16.1 Å². The van der Waals surface area contributed by atoms with E-state index in [2.05, 4.69) is 32.5 Å². The highest BCUT2D eigenvalue weighted by molar-refractivity contribution is 7.13. The van der Waals surface area contributed by atoms with Gasteiger partial charge in [-0.25, -0.2) is 0 Å². The molecule has 1 saturated heterocycles. The van der Waals surface area contributed by atoms with Gasteiger partial charge in [-0.3, -0.25) is 15.0 Å².